The van der Waals surface area contributed by atoms with Crippen molar-refractivity contribution in [1.82, 2.24) is 0 Å². The van der Waals surface area contributed by atoms with Gasteiger partial charge in [0.05, 0.1) is 0 Å². The van der Waals surface area contributed by atoms with Crippen LogP contribution in [-0.2, 0) is 6.42 Å². The van der Waals surface area contributed by atoms with Crippen molar-refractivity contribution in [2.75, 3.05) is 0 Å². The second-order valence-electron chi connectivity index (χ2n) is 3.91. The van der Waals surface area contributed by atoms with Crippen LogP contribution >= 0.6 is 0 Å². The number of phenols is 3. The standard InChI is InChI=1S/C14H14O3/c1-2-9-4-3-5-10(6-9)12-7-11(15)8-13(16)14(12)17/h3-8,15-17H,2H2,1H3. The summed E-state index contributed by atoms with van der Waals surface area (Å²) in [5.74, 6) is -0.602. The molecular weight excluding hydrogens is 216 g/mol. The smallest absolute Gasteiger partial charge is 0.165 e. The van der Waals surface area contributed by atoms with Crippen molar-refractivity contribution >= 4 is 0 Å². The molecule has 0 aliphatic heterocycles. The molecule has 0 spiro atoms. The van der Waals surface area contributed by atoms with Gasteiger partial charge in [0.2, 0.25) is 0 Å². The largest absolute Gasteiger partial charge is 0.508 e. The Hall–Kier alpha value is -2.16. The first kappa shape index (κ1) is 11.3. The van der Waals surface area contributed by atoms with Crippen LogP contribution in [0.15, 0.2) is 36.4 Å². The molecule has 0 bridgehead atoms. The molecular formula is C14H14O3. The van der Waals surface area contributed by atoms with Crippen LogP contribution in [0, 0.1) is 0 Å². The highest BCUT2D eigenvalue weighted by Gasteiger charge is 2.11. The fourth-order valence-corrected chi connectivity index (χ4v) is 1.78. The van der Waals surface area contributed by atoms with E-state index < -0.39 is 0 Å². The number of aromatic hydroxyl groups is 3. The molecule has 2 aromatic rings. The molecule has 0 atom stereocenters. The van der Waals surface area contributed by atoms with Crippen molar-refractivity contribution in [3.8, 4) is 28.4 Å². The Kier molecular flexibility index (Phi) is 2.91. The molecule has 0 unspecified atom stereocenters. The summed E-state index contributed by atoms with van der Waals surface area (Å²) >= 11 is 0. The van der Waals surface area contributed by atoms with Crippen LogP contribution in [0.3, 0.4) is 0 Å². The topological polar surface area (TPSA) is 60.7 Å². The van der Waals surface area contributed by atoms with Crippen molar-refractivity contribution in [3.05, 3.63) is 42.0 Å². The predicted octanol–water partition coefficient (Wildman–Crippen LogP) is 3.03. The van der Waals surface area contributed by atoms with E-state index in [2.05, 4.69) is 0 Å². The number of rotatable bonds is 2. The summed E-state index contributed by atoms with van der Waals surface area (Å²) < 4.78 is 0. The van der Waals surface area contributed by atoms with Gasteiger partial charge in [0.15, 0.2) is 11.5 Å². The van der Waals surface area contributed by atoms with Crippen molar-refractivity contribution < 1.29 is 15.3 Å². The second-order valence-corrected chi connectivity index (χ2v) is 3.91. The molecule has 0 amide bonds. The molecule has 0 saturated heterocycles. The molecule has 0 saturated carbocycles. The average molecular weight is 230 g/mol. The fraction of sp³-hybridized carbons (Fsp3) is 0.143. The van der Waals surface area contributed by atoms with Crippen LogP contribution in [0.1, 0.15) is 12.5 Å². The van der Waals surface area contributed by atoms with E-state index in [0.29, 0.717) is 5.56 Å². The van der Waals surface area contributed by atoms with Gasteiger partial charge in [-0.25, -0.2) is 0 Å². The van der Waals surface area contributed by atoms with Gasteiger partial charge >= 0.3 is 0 Å². The third kappa shape index (κ3) is 2.18. The van der Waals surface area contributed by atoms with Crippen molar-refractivity contribution in [2.24, 2.45) is 0 Å². The number of benzene rings is 2. The van der Waals surface area contributed by atoms with Crippen LogP contribution in [0.4, 0.5) is 0 Å². The van der Waals surface area contributed by atoms with Crippen molar-refractivity contribution in [1.29, 1.82) is 0 Å². The molecule has 0 aromatic heterocycles. The van der Waals surface area contributed by atoms with E-state index in [4.69, 9.17) is 0 Å². The summed E-state index contributed by atoms with van der Waals surface area (Å²) in [5, 5.41) is 28.7. The van der Waals surface area contributed by atoms with E-state index in [1.54, 1.807) is 0 Å². The van der Waals surface area contributed by atoms with E-state index in [0.717, 1.165) is 23.6 Å². The Bertz CT molecular complexity index is 547. The maximum Gasteiger partial charge on any atom is 0.165 e. The maximum absolute atomic E-state index is 9.78. The third-order valence-corrected chi connectivity index (χ3v) is 2.72. The van der Waals surface area contributed by atoms with Gasteiger partial charge in [-0.2, -0.15) is 0 Å². The monoisotopic (exact) mass is 230 g/mol. The molecule has 88 valence electrons. The predicted molar refractivity (Wildman–Crippen MR) is 66.3 cm³/mol. The zero-order chi connectivity index (χ0) is 12.4. The minimum absolute atomic E-state index is 0.0720. The van der Waals surface area contributed by atoms with Crippen LogP contribution in [0.25, 0.3) is 11.1 Å². The number of phenolic OH excluding ortho intramolecular Hbond substituents is 3. The molecule has 2 rings (SSSR count). The van der Waals surface area contributed by atoms with E-state index in [-0.39, 0.29) is 17.2 Å². The minimum atomic E-state index is -0.318. The van der Waals surface area contributed by atoms with Gasteiger partial charge in [-0.3, -0.25) is 0 Å². The fourth-order valence-electron chi connectivity index (χ4n) is 1.78. The van der Waals surface area contributed by atoms with E-state index in [9.17, 15) is 15.3 Å². The summed E-state index contributed by atoms with van der Waals surface area (Å²) in [6, 6.07) is 10.2. The summed E-state index contributed by atoms with van der Waals surface area (Å²) in [7, 11) is 0. The van der Waals surface area contributed by atoms with Crippen LogP contribution in [0.5, 0.6) is 17.2 Å². The number of hydrogen-bond donors (Lipinski definition) is 3. The van der Waals surface area contributed by atoms with Gasteiger partial charge in [0, 0.05) is 11.6 Å². The van der Waals surface area contributed by atoms with Crippen molar-refractivity contribution in [3.63, 3.8) is 0 Å². The molecule has 2 aromatic carbocycles. The van der Waals surface area contributed by atoms with Gasteiger partial charge in [-0.05, 0) is 23.6 Å². The molecule has 17 heavy (non-hydrogen) atoms. The molecule has 3 heteroatoms. The highest BCUT2D eigenvalue weighted by atomic mass is 16.3. The Labute approximate surface area is 99.6 Å². The molecule has 3 nitrogen and oxygen atoms in total. The van der Waals surface area contributed by atoms with E-state index >= 15 is 0 Å². The zero-order valence-electron chi connectivity index (χ0n) is 9.51. The molecule has 0 aliphatic rings. The van der Waals surface area contributed by atoms with Gasteiger partial charge in [-0.1, -0.05) is 31.2 Å². The molecule has 0 heterocycles. The Morgan fingerprint density at radius 2 is 1.76 bits per heavy atom. The third-order valence-electron chi connectivity index (χ3n) is 2.72. The molecule has 3 N–H and O–H groups in total. The SMILES string of the molecule is CCc1cccc(-c2cc(O)cc(O)c2O)c1. The van der Waals surface area contributed by atoms with E-state index in [1.165, 1.54) is 6.07 Å². The Morgan fingerprint density at radius 1 is 1.00 bits per heavy atom. The van der Waals surface area contributed by atoms with Crippen LogP contribution < -0.4 is 0 Å². The summed E-state index contributed by atoms with van der Waals surface area (Å²) in [6.07, 6.45) is 0.888. The quantitative estimate of drug-likeness (QED) is 0.549. The highest BCUT2D eigenvalue weighted by Crippen LogP contribution is 2.39. The van der Waals surface area contributed by atoms with Crippen molar-refractivity contribution in [2.45, 2.75) is 13.3 Å². The van der Waals surface area contributed by atoms with Crippen LogP contribution in [-0.4, -0.2) is 15.3 Å². The first-order valence-corrected chi connectivity index (χ1v) is 5.46. The lowest BCUT2D eigenvalue weighted by atomic mass is 10.0. The maximum atomic E-state index is 9.78. The lowest BCUT2D eigenvalue weighted by Crippen LogP contribution is -1.84. The number of hydrogen-bond acceptors (Lipinski definition) is 3. The Balaban J connectivity index is 2.59. The molecule has 0 radical (unpaired) electrons. The minimum Gasteiger partial charge on any atom is -0.508 e. The summed E-state index contributed by atoms with van der Waals surface area (Å²) in [4.78, 5) is 0. The van der Waals surface area contributed by atoms with Gasteiger partial charge in [0.25, 0.3) is 0 Å². The first-order chi connectivity index (χ1) is 8.11. The second kappa shape index (κ2) is 4.37. The van der Waals surface area contributed by atoms with Gasteiger partial charge in [0.1, 0.15) is 5.75 Å². The molecule has 0 fully saturated rings. The lowest BCUT2D eigenvalue weighted by molar-refractivity contribution is 0.398. The van der Waals surface area contributed by atoms with Crippen LogP contribution in [0.2, 0.25) is 0 Å². The Morgan fingerprint density at radius 3 is 2.47 bits per heavy atom. The van der Waals surface area contributed by atoms with Gasteiger partial charge < -0.3 is 15.3 Å². The lowest BCUT2D eigenvalue weighted by Gasteiger charge is -2.08. The highest BCUT2D eigenvalue weighted by molar-refractivity contribution is 5.75. The molecule has 0 aliphatic carbocycles. The van der Waals surface area contributed by atoms with E-state index in [1.807, 2.05) is 31.2 Å². The van der Waals surface area contributed by atoms with Gasteiger partial charge in [-0.15, -0.1) is 0 Å². The number of aryl methyl sites for hydroxylation is 1. The first-order valence-electron chi connectivity index (χ1n) is 5.46. The average Bonchev–Trinajstić information content (AvgIpc) is 2.34. The normalized spacial score (nSPS) is 10.4. The summed E-state index contributed by atoms with van der Waals surface area (Å²) in [5.41, 5.74) is 2.33. The summed E-state index contributed by atoms with van der Waals surface area (Å²) in [6.45, 7) is 2.04. The zero-order valence-corrected chi connectivity index (χ0v) is 9.51.